The molecular formula is C32H47N3O4S. The van der Waals surface area contributed by atoms with Crippen molar-refractivity contribution in [1.82, 2.24) is 16.0 Å². The summed E-state index contributed by atoms with van der Waals surface area (Å²) in [4.78, 5) is 12.4. The predicted molar refractivity (Wildman–Crippen MR) is 160 cm³/mol. The van der Waals surface area contributed by atoms with Crippen LogP contribution in [0.1, 0.15) is 102 Å². The molecule has 220 valence electrons. The zero-order valence-corrected chi connectivity index (χ0v) is 25.5. The SMILES string of the molecule is CCCCOc1ccccc1S(=O)(=O)C1(CC(=O)NC2CCCc3cc(CNC(C)(C)C)ccc32)CCCCN1. The number of carbonyl (C=O) groups is 1. The first-order chi connectivity index (χ1) is 19.0. The summed E-state index contributed by atoms with van der Waals surface area (Å²) in [6.07, 6.45) is 6.51. The number of fused-ring (bicyclic) bond motifs is 1. The third-order valence-corrected chi connectivity index (χ3v) is 10.4. The van der Waals surface area contributed by atoms with Crippen LogP contribution in [-0.4, -0.2) is 37.9 Å². The van der Waals surface area contributed by atoms with Gasteiger partial charge in [0.1, 0.15) is 15.5 Å². The molecular weight excluding hydrogens is 522 g/mol. The highest BCUT2D eigenvalue weighted by molar-refractivity contribution is 7.93. The number of piperidine rings is 1. The third kappa shape index (κ3) is 7.25. The van der Waals surface area contributed by atoms with Crippen LogP contribution >= 0.6 is 0 Å². The molecule has 2 atom stereocenters. The lowest BCUT2D eigenvalue weighted by atomic mass is 9.86. The number of hydrogen-bond acceptors (Lipinski definition) is 6. The number of para-hydroxylation sites is 1. The number of amides is 1. The Bertz CT molecular complexity index is 1260. The van der Waals surface area contributed by atoms with E-state index < -0.39 is 14.7 Å². The fraction of sp³-hybridized carbons (Fsp3) is 0.594. The van der Waals surface area contributed by atoms with Gasteiger partial charge in [0.05, 0.1) is 19.1 Å². The number of rotatable bonds is 11. The molecule has 0 aromatic heterocycles. The molecule has 2 unspecified atom stereocenters. The van der Waals surface area contributed by atoms with Gasteiger partial charge in [0, 0.05) is 12.1 Å². The van der Waals surface area contributed by atoms with E-state index in [1.807, 2.05) is 0 Å². The van der Waals surface area contributed by atoms with Crippen molar-refractivity contribution in [2.24, 2.45) is 0 Å². The fourth-order valence-electron chi connectivity index (χ4n) is 5.74. The average molecular weight is 570 g/mol. The maximum atomic E-state index is 14.2. The first-order valence-electron chi connectivity index (χ1n) is 14.9. The fourth-order valence-corrected chi connectivity index (χ4v) is 7.84. The van der Waals surface area contributed by atoms with Gasteiger partial charge in [-0.15, -0.1) is 0 Å². The molecule has 3 N–H and O–H groups in total. The number of unbranched alkanes of at least 4 members (excludes halogenated alkanes) is 1. The van der Waals surface area contributed by atoms with Crippen molar-refractivity contribution in [2.75, 3.05) is 13.2 Å². The molecule has 40 heavy (non-hydrogen) atoms. The van der Waals surface area contributed by atoms with E-state index >= 15 is 0 Å². The number of carbonyl (C=O) groups excluding carboxylic acids is 1. The van der Waals surface area contributed by atoms with Crippen LogP contribution in [0.25, 0.3) is 0 Å². The van der Waals surface area contributed by atoms with Gasteiger partial charge < -0.3 is 15.4 Å². The maximum absolute atomic E-state index is 14.2. The van der Waals surface area contributed by atoms with Gasteiger partial charge in [-0.3, -0.25) is 10.1 Å². The number of aryl methyl sites for hydroxylation is 1. The number of benzene rings is 2. The zero-order chi connectivity index (χ0) is 28.8. The molecule has 7 nitrogen and oxygen atoms in total. The normalized spacial score (nSPS) is 21.4. The van der Waals surface area contributed by atoms with Gasteiger partial charge in [-0.1, -0.05) is 43.7 Å². The van der Waals surface area contributed by atoms with Crippen LogP contribution in [0.4, 0.5) is 0 Å². The molecule has 2 aliphatic rings. The van der Waals surface area contributed by atoms with E-state index in [9.17, 15) is 13.2 Å². The van der Waals surface area contributed by atoms with Crippen molar-refractivity contribution in [3.8, 4) is 5.75 Å². The monoisotopic (exact) mass is 569 g/mol. The van der Waals surface area contributed by atoms with E-state index in [1.54, 1.807) is 24.3 Å². The minimum Gasteiger partial charge on any atom is -0.492 e. The van der Waals surface area contributed by atoms with Crippen molar-refractivity contribution in [3.05, 3.63) is 59.2 Å². The second-order valence-electron chi connectivity index (χ2n) is 12.4. The summed E-state index contributed by atoms with van der Waals surface area (Å²) in [5.74, 6) is 0.125. The van der Waals surface area contributed by atoms with Gasteiger partial charge in [-0.05, 0) is 101 Å². The number of hydrogen-bond donors (Lipinski definition) is 3. The summed E-state index contributed by atoms with van der Waals surface area (Å²) in [5, 5.41) is 10.0. The van der Waals surface area contributed by atoms with E-state index in [0.717, 1.165) is 57.1 Å². The molecule has 1 aliphatic carbocycles. The molecule has 1 fully saturated rings. The Morgan fingerprint density at radius 3 is 2.65 bits per heavy atom. The summed E-state index contributed by atoms with van der Waals surface area (Å²) in [6.45, 7) is 10.3. The molecule has 0 bridgehead atoms. The number of sulfone groups is 1. The predicted octanol–water partition coefficient (Wildman–Crippen LogP) is 5.58. The quantitative estimate of drug-likeness (QED) is 0.306. The number of nitrogens with one attached hydrogen (secondary N) is 3. The summed E-state index contributed by atoms with van der Waals surface area (Å²) >= 11 is 0. The van der Waals surface area contributed by atoms with E-state index in [-0.39, 0.29) is 28.8 Å². The lowest BCUT2D eigenvalue weighted by molar-refractivity contribution is -0.123. The minimum atomic E-state index is -3.92. The molecule has 1 amide bonds. The minimum absolute atomic E-state index is 0.0397. The largest absolute Gasteiger partial charge is 0.492 e. The summed E-state index contributed by atoms with van der Waals surface area (Å²) in [7, 11) is -3.92. The van der Waals surface area contributed by atoms with Gasteiger partial charge in [-0.2, -0.15) is 0 Å². The lowest BCUT2D eigenvalue weighted by Crippen LogP contribution is -2.57. The molecule has 2 aromatic rings. The molecule has 1 saturated heterocycles. The van der Waals surface area contributed by atoms with Crippen molar-refractivity contribution in [2.45, 2.75) is 113 Å². The molecule has 8 heteroatoms. The average Bonchev–Trinajstić information content (AvgIpc) is 2.92. The molecule has 0 saturated carbocycles. The molecule has 1 heterocycles. The molecule has 2 aromatic carbocycles. The van der Waals surface area contributed by atoms with Crippen molar-refractivity contribution in [3.63, 3.8) is 0 Å². The Morgan fingerprint density at radius 2 is 1.93 bits per heavy atom. The van der Waals surface area contributed by atoms with Gasteiger partial charge >= 0.3 is 0 Å². The summed E-state index contributed by atoms with van der Waals surface area (Å²) in [6, 6.07) is 13.2. The number of ether oxygens (including phenoxy) is 1. The van der Waals surface area contributed by atoms with Crippen LogP contribution in [0.2, 0.25) is 0 Å². The van der Waals surface area contributed by atoms with Crippen LogP contribution in [0.15, 0.2) is 47.4 Å². The first kappa shape index (κ1) is 30.5. The van der Waals surface area contributed by atoms with Gasteiger partial charge in [0.25, 0.3) is 0 Å². The van der Waals surface area contributed by atoms with E-state index in [2.05, 4.69) is 61.8 Å². The second-order valence-corrected chi connectivity index (χ2v) is 14.6. The van der Waals surface area contributed by atoms with Crippen molar-refractivity contribution < 1.29 is 17.9 Å². The van der Waals surface area contributed by atoms with E-state index in [1.165, 1.54) is 11.1 Å². The molecule has 0 spiro atoms. The Hall–Kier alpha value is -2.42. The van der Waals surface area contributed by atoms with Crippen LogP contribution in [0.5, 0.6) is 5.75 Å². The highest BCUT2D eigenvalue weighted by Crippen LogP contribution is 2.38. The molecule has 0 radical (unpaired) electrons. The highest BCUT2D eigenvalue weighted by atomic mass is 32.2. The Labute approximate surface area is 240 Å². The summed E-state index contributed by atoms with van der Waals surface area (Å²) < 4.78 is 34.4. The highest BCUT2D eigenvalue weighted by Gasteiger charge is 2.48. The van der Waals surface area contributed by atoms with E-state index in [4.69, 9.17) is 4.74 Å². The third-order valence-electron chi connectivity index (χ3n) is 7.99. The van der Waals surface area contributed by atoms with Crippen molar-refractivity contribution >= 4 is 15.7 Å². The van der Waals surface area contributed by atoms with Crippen LogP contribution in [-0.2, 0) is 27.6 Å². The standard InChI is InChI=1S/C32H47N3O4S/c1-5-6-20-39-28-14-7-8-15-29(28)40(37,38)32(18-9-10-19-33-32)22-30(36)35-27-13-11-12-25-21-24(16-17-26(25)27)23-34-31(2,3)4/h7-8,14-17,21,27,33-34H,5-6,9-13,18-20,22-23H2,1-4H3,(H,35,36). The Balaban J connectivity index is 1.53. The van der Waals surface area contributed by atoms with Crippen molar-refractivity contribution in [1.29, 1.82) is 0 Å². The molecule has 1 aliphatic heterocycles. The Kier molecular flexibility index (Phi) is 9.96. The molecule has 4 rings (SSSR count). The summed E-state index contributed by atoms with van der Waals surface area (Å²) in [5.41, 5.74) is 3.68. The topological polar surface area (TPSA) is 96.5 Å². The van der Waals surface area contributed by atoms with E-state index in [0.29, 0.717) is 25.3 Å². The maximum Gasteiger partial charge on any atom is 0.223 e. The Morgan fingerprint density at radius 1 is 1.12 bits per heavy atom. The zero-order valence-electron chi connectivity index (χ0n) is 24.6. The van der Waals surface area contributed by atoms with Crippen LogP contribution in [0.3, 0.4) is 0 Å². The lowest BCUT2D eigenvalue weighted by Gasteiger charge is -2.38. The van der Waals surface area contributed by atoms with Gasteiger partial charge in [-0.25, -0.2) is 8.42 Å². The van der Waals surface area contributed by atoms with Crippen LogP contribution in [0, 0.1) is 0 Å². The van der Waals surface area contributed by atoms with Gasteiger partial charge in [0.15, 0.2) is 0 Å². The first-order valence-corrected chi connectivity index (χ1v) is 16.4. The van der Waals surface area contributed by atoms with Crippen LogP contribution < -0.4 is 20.7 Å². The van der Waals surface area contributed by atoms with Gasteiger partial charge in [0.2, 0.25) is 15.7 Å². The smallest absolute Gasteiger partial charge is 0.223 e. The second kappa shape index (κ2) is 13.0.